The van der Waals surface area contributed by atoms with Crippen LogP contribution in [-0.4, -0.2) is 18.5 Å². The predicted molar refractivity (Wildman–Crippen MR) is 85.7 cm³/mol. The van der Waals surface area contributed by atoms with Gasteiger partial charge in [-0.2, -0.15) is 5.26 Å². The summed E-state index contributed by atoms with van der Waals surface area (Å²) in [6.45, 7) is 10.8. The Labute approximate surface area is 129 Å². The van der Waals surface area contributed by atoms with Gasteiger partial charge in [-0.15, -0.1) is 0 Å². The van der Waals surface area contributed by atoms with Gasteiger partial charge in [0, 0.05) is 13.0 Å². The molecule has 0 aliphatic heterocycles. The highest BCUT2D eigenvalue weighted by molar-refractivity contribution is 5.16. The molecular formula is C18H29NO2. The molecule has 0 amide bonds. The number of ether oxygens (including phenoxy) is 2. The van der Waals surface area contributed by atoms with Gasteiger partial charge in [-0.25, -0.2) is 0 Å². The van der Waals surface area contributed by atoms with E-state index in [1.807, 2.05) is 13.8 Å². The molecule has 0 bridgehead atoms. The van der Waals surface area contributed by atoms with Crippen LogP contribution in [0.25, 0.3) is 0 Å². The van der Waals surface area contributed by atoms with Crippen molar-refractivity contribution in [3.05, 3.63) is 23.3 Å². The van der Waals surface area contributed by atoms with Crippen LogP contribution in [0, 0.1) is 17.2 Å². The van der Waals surface area contributed by atoms with E-state index in [0.29, 0.717) is 25.4 Å². The normalized spacial score (nSPS) is 34.0. The molecule has 1 rings (SSSR count). The lowest BCUT2D eigenvalue weighted by Crippen LogP contribution is -2.37. The van der Waals surface area contributed by atoms with Crippen molar-refractivity contribution < 1.29 is 9.47 Å². The van der Waals surface area contributed by atoms with Crippen molar-refractivity contribution in [3.8, 4) is 6.07 Å². The highest BCUT2D eigenvalue weighted by Crippen LogP contribution is 2.32. The van der Waals surface area contributed by atoms with Gasteiger partial charge < -0.3 is 9.47 Å². The zero-order chi connectivity index (χ0) is 15.9. The molecule has 21 heavy (non-hydrogen) atoms. The van der Waals surface area contributed by atoms with Gasteiger partial charge in [0.1, 0.15) is 0 Å². The van der Waals surface area contributed by atoms with Gasteiger partial charge in [0.25, 0.3) is 0 Å². The van der Waals surface area contributed by atoms with Gasteiger partial charge in [0.05, 0.1) is 6.07 Å². The summed E-state index contributed by atoms with van der Waals surface area (Å²) in [4.78, 5) is 0. The molecule has 2 unspecified atom stereocenters. The quantitative estimate of drug-likeness (QED) is 0.554. The number of hydrogen-bond donors (Lipinski definition) is 0. The maximum Gasteiger partial charge on any atom is 0.161 e. The standard InChI is InChI=1S/C18H29NO2/c1-6-20-17(5)21-18(13-19)11-10-14(2)8-7-9-15(3)16(4)12-18/h9-10,16-17H,6-8,11-12H2,1-5H3/b14-10+,15-9+/t16-,17?,18?/m0/s1. The molecule has 3 atom stereocenters. The Bertz CT molecular complexity index is 433. The summed E-state index contributed by atoms with van der Waals surface area (Å²) in [5.41, 5.74) is 1.86. The highest BCUT2D eigenvalue weighted by Gasteiger charge is 2.35. The predicted octanol–water partition coefficient (Wildman–Crippen LogP) is 4.75. The topological polar surface area (TPSA) is 42.2 Å². The molecule has 0 N–H and O–H groups in total. The zero-order valence-electron chi connectivity index (χ0n) is 14.1. The average molecular weight is 291 g/mol. The largest absolute Gasteiger partial charge is 0.353 e. The molecule has 0 spiro atoms. The second kappa shape index (κ2) is 8.36. The molecule has 0 heterocycles. The lowest BCUT2D eigenvalue weighted by Gasteiger charge is -2.32. The molecule has 0 radical (unpaired) electrons. The second-order valence-electron chi connectivity index (χ2n) is 6.09. The average Bonchev–Trinajstić information content (AvgIpc) is 2.44. The maximum absolute atomic E-state index is 9.75. The number of hydrogen-bond acceptors (Lipinski definition) is 3. The van der Waals surface area contributed by atoms with E-state index >= 15 is 0 Å². The second-order valence-corrected chi connectivity index (χ2v) is 6.09. The van der Waals surface area contributed by atoms with Gasteiger partial charge >= 0.3 is 0 Å². The van der Waals surface area contributed by atoms with Crippen LogP contribution in [0.1, 0.15) is 60.3 Å². The highest BCUT2D eigenvalue weighted by atomic mass is 16.7. The van der Waals surface area contributed by atoms with E-state index in [-0.39, 0.29) is 6.29 Å². The SMILES string of the molecule is CCOC(C)OC1(C#N)C/C=C(\C)CC/C=C(\C)[C@@H](C)C1. The first-order valence-electron chi connectivity index (χ1n) is 7.95. The Balaban J connectivity index is 3.00. The molecule has 3 heteroatoms. The summed E-state index contributed by atoms with van der Waals surface area (Å²) in [6, 6.07) is 2.42. The minimum absolute atomic E-state index is 0.338. The van der Waals surface area contributed by atoms with E-state index in [2.05, 4.69) is 39.0 Å². The minimum Gasteiger partial charge on any atom is -0.353 e. The van der Waals surface area contributed by atoms with Crippen molar-refractivity contribution in [2.75, 3.05) is 6.61 Å². The van der Waals surface area contributed by atoms with Crippen LogP contribution in [0.5, 0.6) is 0 Å². The van der Waals surface area contributed by atoms with E-state index in [9.17, 15) is 5.26 Å². The van der Waals surface area contributed by atoms with E-state index in [0.717, 1.165) is 12.8 Å². The summed E-state index contributed by atoms with van der Waals surface area (Å²) in [5, 5.41) is 9.75. The van der Waals surface area contributed by atoms with Gasteiger partial charge in [0.15, 0.2) is 11.9 Å². The molecule has 0 aromatic heterocycles. The lowest BCUT2D eigenvalue weighted by atomic mass is 9.84. The van der Waals surface area contributed by atoms with Crippen LogP contribution < -0.4 is 0 Å². The smallest absolute Gasteiger partial charge is 0.161 e. The molecule has 1 aliphatic carbocycles. The zero-order valence-corrected chi connectivity index (χ0v) is 14.1. The van der Waals surface area contributed by atoms with Gasteiger partial charge in [-0.05, 0) is 52.9 Å². The van der Waals surface area contributed by atoms with Crippen molar-refractivity contribution in [2.45, 2.75) is 72.2 Å². The Morgan fingerprint density at radius 3 is 2.76 bits per heavy atom. The van der Waals surface area contributed by atoms with Crippen molar-refractivity contribution in [1.82, 2.24) is 0 Å². The third kappa shape index (κ3) is 5.65. The van der Waals surface area contributed by atoms with Crippen LogP contribution in [0.15, 0.2) is 23.3 Å². The van der Waals surface area contributed by atoms with Crippen LogP contribution >= 0.6 is 0 Å². The molecule has 0 aromatic carbocycles. The molecule has 0 saturated carbocycles. The number of allylic oxidation sites excluding steroid dienone is 3. The molecule has 0 aromatic rings. The number of nitriles is 1. The van der Waals surface area contributed by atoms with E-state index in [4.69, 9.17) is 9.47 Å². The van der Waals surface area contributed by atoms with Gasteiger partial charge in [-0.3, -0.25) is 0 Å². The fourth-order valence-electron chi connectivity index (χ4n) is 2.71. The van der Waals surface area contributed by atoms with Crippen LogP contribution in [0.3, 0.4) is 0 Å². The van der Waals surface area contributed by atoms with E-state index in [1.165, 1.54) is 11.1 Å². The van der Waals surface area contributed by atoms with Crippen molar-refractivity contribution >= 4 is 0 Å². The Morgan fingerprint density at radius 1 is 1.43 bits per heavy atom. The lowest BCUT2D eigenvalue weighted by molar-refractivity contribution is -0.184. The molecule has 118 valence electrons. The van der Waals surface area contributed by atoms with Crippen molar-refractivity contribution in [1.29, 1.82) is 5.26 Å². The fourth-order valence-corrected chi connectivity index (χ4v) is 2.71. The Morgan fingerprint density at radius 2 is 2.14 bits per heavy atom. The third-order valence-electron chi connectivity index (χ3n) is 4.20. The third-order valence-corrected chi connectivity index (χ3v) is 4.20. The first kappa shape index (κ1) is 17.9. The Hall–Kier alpha value is -1.11. The molecule has 0 saturated heterocycles. The fraction of sp³-hybridized carbons (Fsp3) is 0.722. The van der Waals surface area contributed by atoms with E-state index in [1.54, 1.807) is 0 Å². The summed E-state index contributed by atoms with van der Waals surface area (Å²) in [7, 11) is 0. The van der Waals surface area contributed by atoms with Crippen LogP contribution in [0.2, 0.25) is 0 Å². The van der Waals surface area contributed by atoms with Crippen LogP contribution in [-0.2, 0) is 9.47 Å². The molecule has 1 aliphatic rings. The molecular weight excluding hydrogens is 262 g/mol. The molecule has 3 nitrogen and oxygen atoms in total. The first-order chi connectivity index (χ1) is 9.92. The Kier molecular flexibility index (Phi) is 7.14. The number of nitrogens with zero attached hydrogens (tertiary/aromatic N) is 1. The van der Waals surface area contributed by atoms with E-state index < -0.39 is 5.60 Å². The van der Waals surface area contributed by atoms with Crippen molar-refractivity contribution in [2.24, 2.45) is 5.92 Å². The summed E-state index contributed by atoms with van der Waals surface area (Å²) in [6.07, 6.45) is 7.55. The molecule has 0 fully saturated rings. The summed E-state index contributed by atoms with van der Waals surface area (Å²) < 4.78 is 11.5. The summed E-state index contributed by atoms with van der Waals surface area (Å²) in [5.74, 6) is 0.338. The van der Waals surface area contributed by atoms with Crippen molar-refractivity contribution in [3.63, 3.8) is 0 Å². The maximum atomic E-state index is 9.75. The van der Waals surface area contributed by atoms with Crippen LogP contribution in [0.4, 0.5) is 0 Å². The number of rotatable bonds is 4. The van der Waals surface area contributed by atoms with Gasteiger partial charge in [-0.1, -0.05) is 30.2 Å². The first-order valence-corrected chi connectivity index (χ1v) is 7.95. The monoisotopic (exact) mass is 291 g/mol. The summed E-state index contributed by atoms with van der Waals surface area (Å²) >= 11 is 0. The van der Waals surface area contributed by atoms with Gasteiger partial charge in [0.2, 0.25) is 0 Å². The minimum atomic E-state index is -0.804.